The first-order valence-corrected chi connectivity index (χ1v) is 16.4. The number of aliphatic hydroxyl groups excluding tert-OH is 3. The van der Waals surface area contributed by atoms with Gasteiger partial charge < -0.3 is 29.9 Å². The van der Waals surface area contributed by atoms with E-state index in [9.17, 15) is 30.0 Å². The number of rotatable bonds is 12. The third-order valence-corrected chi connectivity index (χ3v) is 11.5. The van der Waals surface area contributed by atoms with Crippen molar-refractivity contribution in [1.82, 2.24) is 0 Å². The van der Waals surface area contributed by atoms with Gasteiger partial charge >= 0.3 is 11.9 Å². The molecule has 9 atom stereocenters. The number of carbonyl (C=O) groups excluding carboxylic acids is 2. The smallest absolute Gasteiger partial charge is 0.333 e. The molecule has 4 rings (SSSR count). The van der Waals surface area contributed by atoms with Gasteiger partial charge in [0.05, 0.1) is 11.5 Å². The Morgan fingerprint density at radius 3 is 2.30 bits per heavy atom. The summed E-state index contributed by atoms with van der Waals surface area (Å²) in [6.07, 6.45) is 9.16. The SMILES string of the molecule is C/C=C(\C)C(=O)OCC1=C[C@@H]2C(O)[C@]3(C=C(C)[C@H](O)[C@@]3(O)[C@@H]1O)[C@H](C)C[C@]1(OC(=O)CCCCCCCCC)[C@H]2C1(C)C. The predicted octanol–water partition coefficient (Wildman–Crippen LogP) is 4.93. The van der Waals surface area contributed by atoms with Crippen LogP contribution in [0.3, 0.4) is 0 Å². The Morgan fingerprint density at radius 1 is 1.05 bits per heavy atom. The number of ether oxygens (including phenoxy) is 2. The fraction of sp³-hybridized carbons (Fsp3) is 0.771. The highest BCUT2D eigenvalue weighted by atomic mass is 16.6. The monoisotopic (exact) mass is 602 g/mol. The van der Waals surface area contributed by atoms with Gasteiger partial charge in [0, 0.05) is 29.2 Å². The summed E-state index contributed by atoms with van der Waals surface area (Å²) in [4.78, 5) is 25.8. The average molecular weight is 603 g/mol. The van der Waals surface area contributed by atoms with E-state index in [4.69, 9.17) is 9.47 Å². The highest BCUT2D eigenvalue weighted by molar-refractivity contribution is 5.87. The van der Waals surface area contributed by atoms with E-state index in [0.29, 0.717) is 24.0 Å². The number of hydrogen-bond acceptors (Lipinski definition) is 8. The fourth-order valence-corrected chi connectivity index (χ4v) is 8.89. The highest BCUT2D eigenvalue weighted by Gasteiger charge is 2.82. The van der Waals surface area contributed by atoms with E-state index < -0.39 is 58.1 Å². The van der Waals surface area contributed by atoms with Crippen molar-refractivity contribution in [2.24, 2.45) is 28.6 Å². The molecule has 0 aromatic carbocycles. The summed E-state index contributed by atoms with van der Waals surface area (Å²) < 4.78 is 11.9. The summed E-state index contributed by atoms with van der Waals surface area (Å²) in [5, 5.41) is 47.7. The van der Waals surface area contributed by atoms with Crippen LogP contribution in [0.1, 0.15) is 106 Å². The van der Waals surface area contributed by atoms with Gasteiger partial charge in [-0.05, 0) is 50.7 Å². The summed E-state index contributed by atoms with van der Waals surface area (Å²) >= 11 is 0. The first-order valence-electron chi connectivity index (χ1n) is 16.4. The number of esters is 2. The zero-order chi connectivity index (χ0) is 32.0. The molecule has 43 heavy (non-hydrogen) atoms. The van der Waals surface area contributed by atoms with Gasteiger partial charge in [-0.25, -0.2) is 4.79 Å². The van der Waals surface area contributed by atoms with E-state index in [1.54, 1.807) is 39.0 Å². The van der Waals surface area contributed by atoms with Gasteiger partial charge in [0.15, 0.2) is 0 Å². The van der Waals surface area contributed by atoms with Crippen LogP contribution in [0.25, 0.3) is 0 Å². The Morgan fingerprint density at radius 2 is 1.67 bits per heavy atom. The molecule has 4 N–H and O–H groups in total. The number of fused-ring (bicyclic) bond motifs is 3. The van der Waals surface area contributed by atoms with E-state index in [1.165, 1.54) is 25.7 Å². The number of hydrogen-bond donors (Lipinski definition) is 4. The average Bonchev–Trinajstić information content (AvgIpc) is 3.37. The molecule has 0 aromatic heterocycles. The first-order chi connectivity index (χ1) is 20.2. The Kier molecular flexibility index (Phi) is 9.78. The number of aliphatic hydroxyl groups is 4. The maximum Gasteiger partial charge on any atom is 0.333 e. The molecule has 1 unspecified atom stereocenters. The second-order valence-corrected chi connectivity index (χ2v) is 14.3. The Bertz CT molecular complexity index is 1170. The van der Waals surface area contributed by atoms with Gasteiger partial charge in [-0.3, -0.25) is 4.79 Å². The zero-order valence-electron chi connectivity index (χ0n) is 27.2. The van der Waals surface area contributed by atoms with E-state index >= 15 is 0 Å². The molecule has 2 fully saturated rings. The number of allylic oxidation sites excluding steroid dienone is 1. The van der Waals surface area contributed by atoms with E-state index in [2.05, 4.69) is 6.92 Å². The summed E-state index contributed by atoms with van der Waals surface area (Å²) in [5.41, 5.74) is -3.92. The third kappa shape index (κ3) is 5.24. The van der Waals surface area contributed by atoms with Crippen LogP contribution in [0, 0.1) is 28.6 Å². The highest BCUT2D eigenvalue weighted by Crippen LogP contribution is 2.76. The van der Waals surface area contributed by atoms with Gasteiger partial charge in [-0.1, -0.05) is 84.4 Å². The maximum absolute atomic E-state index is 13.3. The molecular formula is C35H54O8. The van der Waals surface area contributed by atoms with Crippen LogP contribution in [0.15, 0.2) is 34.9 Å². The molecule has 8 nitrogen and oxygen atoms in total. The molecule has 8 heteroatoms. The van der Waals surface area contributed by atoms with E-state index in [-0.39, 0.29) is 24.1 Å². The van der Waals surface area contributed by atoms with Crippen molar-refractivity contribution in [3.05, 3.63) is 34.9 Å². The standard InChI is InChI=1S/C35H54O8/c1-8-10-11-12-13-14-15-16-26(36)43-34-19-23(5)33-18-22(4)28(37)35(33,41)29(38)24(20-42-31(40)21(3)9-2)17-25(30(33)39)27(34)32(34,6)7/h9,17-18,23,25,27-30,37-39,41H,8,10-16,19-20H2,1-7H3/b21-9+/t23-,25+,27-,28+,29-,30?,33+,34+,35-/m1/s1. The molecule has 0 saturated heterocycles. The summed E-state index contributed by atoms with van der Waals surface area (Å²) in [6.45, 7) is 12.9. The molecule has 0 amide bonds. The van der Waals surface area contributed by atoms with Crippen LogP contribution in [0.5, 0.6) is 0 Å². The van der Waals surface area contributed by atoms with Gasteiger partial charge in [0.25, 0.3) is 0 Å². The summed E-state index contributed by atoms with van der Waals surface area (Å²) in [6, 6.07) is 0. The molecule has 0 aromatic rings. The molecular weight excluding hydrogens is 548 g/mol. The van der Waals surface area contributed by atoms with Crippen molar-refractivity contribution < 1.29 is 39.5 Å². The lowest BCUT2D eigenvalue weighted by molar-refractivity contribution is -0.217. The van der Waals surface area contributed by atoms with Crippen LogP contribution in [0.2, 0.25) is 0 Å². The molecule has 2 saturated carbocycles. The van der Waals surface area contributed by atoms with Crippen LogP contribution in [0.4, 0.5) is 0 Å². The third-order valence-electron chi connectivity index (χ3n) is 11.5. The van der Waals surface area contributed by atoms with Crippen molar-refractivity contribution in [2.45, 2.75) is 136 Å². The fourth-order valence-electron chi connectivity index (χ4n) is 8.89. The van der Waals surface area contributed by atoms with Crippen molar-refractivity contribution in [3.63, 3.8) is 0 Å². The van der Waals surface area contributed by atoms with Crippen LogP contribution in [-0.4, -0.2) is 68.5 Å². The summed E-state index contributed by atoms with van der Waals surface area (Å²) in [5.74, 6) is -2.24. The van der Waals surface area contributed by atoms with Crippen molar-refractivity contribution in [2.75, 3.05) is 6.61 Å². The number of carbonyl (C=O) groups is 2. The normalized spacial score (nSPS) is 39.5. The van der Waals surface area contributed by atoms with Gasteiger partial charge in [0.1, 0.15) is 30.0 Å². The zero-order valence-corrected chi connectivity index (χ0v) is 27.2. The Labute approximate surface area is 257 Å². The second-order valence-electron chi connectivity index (χ2n) is 14.3. The van der Waals surface area contributed by atoms with Crippen LogP contribution in [-0.2, 0) is 19.1 Å². The van der Waals surface area contributed by atoms with E-state index in [1.807, 2.05) is 20.8 Å². The molecule has 4 aliphatic carbocycles. The predicted molar refractivity (Wildman–Crippen MR) is 164 cm³/mol. The topological polar surface area (TPSA) is 134 Å². The van der Waals surface area contributed by atoms with Crippen LogP contribution < -0.4 is 0 Å². The molecule has 2 bridgehead atoms. The minimum atomic E-state index is -2.18. The lowest BCUT2D eigenvalue weighted by Gasteiger charge is -2.51. The first kappa shape index (κ1) is 33.9. The Hall–Kier alpha value is -2.00. The summed E-state index contributed by atoms with van der Waals surface area (Å²) in [7, 11) is 0. The minimum Gasteiger partial charge on any atom is -0.458 e. The Balaban J connectivity index is 1.67. The maximum atomic E-state index is 13.3. The van der Waals surface area contributed by atoms with Crippen molar-refractivity contribution in [3.8, 4) is 0 Å². The molecule has 4 aliphatic rings. The quantitative estimate of drug-likeness (QED) is 0.107. The van der Waals surface area contributed by atoms with Gasteiger partial charge in [-0.2, -0.15) is 0 Å². The molecule has 0 aliphatic heterocycles. The second kappa shape index (κ2) is 12.4. The lowest BCUT2D eigenvalue weighted by atomic mass is 9.58. The molecule has 0 heterocycles. The van der Waals surface area contributed by atoms with Crippen LogP contribution >= 0.6 is 0 Å². The van der Waals surface area contributed by atoms with Gasteiger partial charge in [-0.15, -0.1) is 0 Å². The van der Waals surface area contributed by atoms with Crippen molar-refractivity contribution >= 4 is 11.9 Å². The molecule has 0 radical (unpaired) electrons. The lowest BCUT2D eigenvalue weighted by Crippen LogP contribution is -2.66. The molecule has 242 valence electrons. The number of unbranched alkanes of at least 4 members (excludes halogenated alkanes) is 6. The van der Waals surface area contributed by atoms with E-state index in [0.717, 1.165) is 19.3 Å². The van der Waals surface area contributed by atoms with Crippen molar-refractivity contribution in [1.29, 1.82) is 0 Å². The molecule has 1 spiro atoms. The van der Waals surface area contributed by atoms with Gasteiger partial charge in [0.2, 0.25) is 0 Å². The minimum absolute atomic E-state index is 0.216. The largest absolute Gasteiger partial charge is 0.458 e.